The second-order valence-electron chi connectivity index (χ2n) is 5.63. The van der Waals surface area contributed by atoms with Crippen LogP contribution in [0.4, 0.5) is 0 Å². The Morgan fingerprint density at radius 3 is 2.43 bits per heavy atom. The summed E-state index contributed by atoms with van der Waals surface area (Å²) in [6.07, 6.45) is 0. The average molecular weight is 334 g/mol. The van der Waals surface area contributed by atoms with Gasteiger partial charge < -0.3 is 14.8 Å². The fourth-order valence-corrected chi connectivity index (χ4v) is 2.31. The first-order chi connectivity index (χ1) is 11.1. The van der Waals surface area contributed by atoms with Gasteiger partial charge in [0.25, 0.3) is 0 Å². The summed E-state index contributed by atoms with van der Waals surface area (Å²) in [5, 5.41) is 4.15. The van der Waals surface area contributed by atoms with Crippen molar-refractivity contribution in [2.24, 2.45) is 0 Å². The van der Waals surface area contributed by atoms with Crippen LogP contribution in [-0.4, -0.2) is 12.6 Å². The van der Waals surface area contributed by atoms with Gasteiger partial charge in [-0.1, -0.05) is 49.7 Å². The van der Waals surface area contributed by atoms with E-state index < -0.39 is 0 Å². The van der Waals surface area contributed by atoms with Gasteiger partial charge >= 0.3 is 0 Å². The predicted molar refractivity (Wildman–Crippen MR) is 95.4 cm³/mol. The summed E-state index contributed by atoms with van der Waals surface area (Å²) < 4.78 is 11.8. The molecule has 0 unspecified atom stereocenters. The Labute approximate surface area is 143 Å². The van der Waals surface area contributed by atoms with E-state index in [0.29, 0.717) is 19.3 Å². The van der Waals surface area contributed by atoms with Gasteiger partial charge in [-0.05, 0) is 30.7 Å². The van der Waals surface area contributed by atoms with Gasteiger partial charge in [0.05, 0.1) is 6.61 Å². The van der Waals surface area contributed by atoms with Crippen LogP contribution in [0.15, 0.2) is 42.5 Å². The van der Waals surface area contributed by atoms with Crippen molar-refractivity contribution in [3.05, 3.63) is 58.6 Å². The van der Waals surface area contributed by atoms with Crippen LogP contribution in [0.3, 0.4) is 0 Å². The molecule has 1 N–H and O–H groups in total. The van der Waals surface area contributed by atoms with E-state index in [-0.39, 0.29) is 0 Å². The highest BCUT2D eigenvalue weighted by Gasteiger charge is 2.11. The van der Waals surface area contributed by atoms with Crippen LogP contribution in [0.5, 0.6) is 11.5 Å². The Bertz CT molecular complexity index is 611. The van der Waals surface area contributed by atoms with Crippen molar-refractivity contribution >= 4 is 11.6 Å². The molecule has 0 aliphatic heterocycles. The van der Waals surface area contributed by atoms with E-state index in [1.807, 2.05) is 43.3 Å². The molecular formula is C19H24ClNO2. The van der Waals surface area contributed by atoms with Crippen molar-refractivity contribution in [2.45, 2.75) is 40.0 Å². The third-order valence-corrected chi connectivity index (χ3v) is 3.61. The van der Waals surface area contributed by atoms with Gasteiger partial charge in [0, 0.05) is 23.2 Å². The SMILES string of the molecule is CCOc1cccc(CNC(C)C)c1OCc1ccc(Cl)cc1. The number of para-hydroxylation sites is 1. The molecule has 0 fully saturated rings. The molecule has 0 spiro atoms. The number of halogens is 1. The zero-order valence-corrected chi connectivity index (χ0v) is 14.7. The van der Waals surface area contributed by atoms with Crippen LogP contribution in [0.25, 0.3) is 0 Å². The zero-order valence-electron chi connectivity index (χ0n) is 13.9. The first kappa shape index (κ1) is 17.6. The van der Waals surface area contributed by atoms with Gasteiger partial charge in [-0.3, -0.25) is 0 Å². The molecule has 23 heavy (non-hydrogen) atoms. The monoisotopic (exact) mass is 333 g/mol. The van der Waals surface area contributed by atoms with Crippen LogP contribution in [-0.2, 0) is 13.2 Å². The lowest BCUT2D eigenvalue weighted by molar-refractivity contribution is 0.266. The van der Waals surface area contributed by atoms with Crippen molar-refractivity contribution in [2.75, 3.05) is 6.61 Å². The number of hydrogen-bond acceptors (Lipinski definition) is 3. The third kappa shape index (κ3) is 5.45. The quantitative estimate of drug-likeness (QED) is 0.751. The van der Waals surface area contributed by atoms with E-state index in [1.165, 1.54) is 0 Å². The average Bonchev–Trinajstić information content (AvgIpc) is 2.53. The molecule has 0 amide bonds. The first-order valence-corrected chi connectivity index (χ1v) is 8.33. The van der Waals surface area contributed by atoms with E-state index in [4.69, 9.17) is 21.1 Å². The predicted octanol–water partition coefficient (Wildman–Crippen LogP) is 4.82. The van der Waals surface area contributed by atoms with E-state index >= 15 is 0 Å². The van der Waals surface area contributed by atoms with Crippen LogP contribution in [0.1, 0.15) is 31.9 Å². The summed E-state index contributed by atoms with van der Waals surface area (Å²) in [4.78, 5) is 0. The van der Waals surface area contributed by atoms with Crippen molar-refractivity contribution in [3.63, 3.8) is 0 Å². The fourth-order valence-electron chi connectivity index (χ4n) is 2.18. The zero-order chi connectivity index (χ0) is 16.7. The van der Waals surface area contributed by atoms with Gasteiger partial charge in [-0.15, -0.1) is 0 Å². The third-order valence-electron chi connectivity index (χ3n) is 3.36. The number of hydrogen-bond donors (Lipinski definition) is 1. The van der Waals surface area contributed by atoms with Crippen LogP contribution in [0.2, 0.25) is 5.02 Å². The standard InChI is InChI=1S/C19H24ClNO2/c1-4-22-18-7-5-6-16(12-21-14(2)3)19(18)23-13-15-8-10-17(20)11-9-15/h5-11,14,21H,4,12-13H2,1-3H3. The van der Waals surface area contributed by atoms with Gasteiger partial charge in [0.2, 0.25) is 0 Å². The Morgan fingerprint density at radius 1 is 1.04 bits per heavy atom. The summed E-state index contributed by atoms with van der Waals surface area (Å²) >= 11 is 5.92. The summed E-state index contributed by atoms with van der Waals surface area (Å²) in [6.45, 7) is 8.06. The van der Waals surface area contributed by atoms with Crippen LogP contribution in [0, 0.1) is 0 Å². The van der Waals surface area contributed by atoms with E-state index in [0.717, 1.165) is 34.2 Å². The number of ether oxygens (including phenoxy) is 2. The molecule has 2 aromatic carbocycles. The lowest BCUT2D eigenvalue weighted by Crippen LogP contribution is -2.22. The Balaban J connectivity index is 2.16. The molecule has 0 saturated heterocycles. The second-order valence-corrected chi connectivity index (χ2v) is 6.06. The molecule has 124 valence electrons. The number of rotatable bonds is 8. The molecule has 0 heterocycles. The lowest BCUT2D eigenvalue weighted by atomic mass is 10.1. The van der Waals surface area contributed by atoms with Gasteiger partial charge in [-0.2, -0.15) is 0 Å². The van der Waals surface area contributed by atoms with Crippen LogP contribution < -0.4 is 14.8 Å². The molecule has 3 nitrogen and oxygen atoms in total. The molecule has 0 atom stereocenters. The molecule has 0 aliphatic rings. The maximum atomic E-state index is 6.07. The van der Waals surface area contributed by atoms with Crippen molar-refractivity contribution < 1.29 is 9.47 Å². The molecule has 4 heteroatoms. The summed E-state index contributed by atoms with van der Waals surface area (Å²) in [5.74, 6) is 1.59. The second kappa shape index (κ2) is 8.80. The van der Waals surface area contributed by atoms with Crippen LogP contribution >= 0.6 is 11.6 Å². The topological polar surface area (TPSA) is 30.5 Å². The van der Waals surface area contributed by atoms with E-state index in [2.05, 4.69) is 25.2 Å². The Morgan fingerprint density at radius 2 is 1.78 bits per heavy atom. The van der Waals surface area contributed by atoms with Gasteiger partial charge in [0.15, 0.2) is 11.5 Å². The minimum atomic E-state index is 0.412. The summed E-state index contributed by atoms with van der Waals surface area (Å²) in [7, 11) is 0. The molecule has 2 rings (SSSR count). The maximum Gasteiger partial charge on any atom is 0.166 e. The Hall–Kier alpha value is -1.71. The maximum absolute atomic E-state index is 6.07. The molecule has 2 aromatic rings. The largest absolute Gasteiger partial charge is 0.490 e. The van der Waals surface area contributed by atoms with Gasteiger partial charge in [-0.25, -0.2) is 0 Å². The fraction of sp³-hybridized carbons (Fsp3) is 0.368. The Kier molecular flexibility index (Phi) is 6.75. The molecule has 0 saturated carbocycles. The molecule has 0 bridgehead atoms. The highest BCUT2D eigenvalue weighted by molar-refractivity contribution is 6.30. The molecule has 0 aliphatic carbocycles. The minimum absolute atomic E-state index is 0.412. The number of benzene rings is 2. The highest BCUT2D eigenvalue weighted by Crippen LogP contribution is 2.32. The van der Waals surface area contributed by atoms with E-state index in [9.17, 15) is 0 Å². The summed E-state index contributed by atoms with van der Waals surface area (Å²) in [6, 6.07) is 14.1. The summed E-state index contributed by atoms with van der Waals surface area (Å²) in [5.41, 5.74) is 2.17. The first-order valence-electron chi connectivity index (χ1n) is 7.95. The van der Waals surface area contributed by atoms with Crippen molar-refractivity contribution in [3.8, 4) is 11.5 Å². The molecule has 0 radical (unpaired) electrons. The van der Waals surface area contributed by atoms with Crippen molar-refractivity contribution in [1.82, 2.24) is 5.32 Å². The number of nitrogens with one attached hydrogen (secondary N) is 1. The normalized spacial score (nSPS) is 10.8. The smallest absolute Gasteiger partial charge is 0.166 e. The highest BCUT2D eigenvalue weighted by atomic mass is 35.5. The van der Waals surface area contributed by atoms with E-state index in [1.54, 1.807) is 0 Å². The molecule has 0 aromatic heterocycles. The van der Waals surface area contributed by atoms with Crippen molar-refractivity contribution in [1.29, 1.82) is 0 Å². The van der Waals surface area contributed by atoms with Gasteiger partial charge in [0.1, 0.15) is 6.61 Å². The molecular weight excluding hydrogens is 310 g/mol. The lowest BCUT2D eigenvalue weighted by Gasteiger charge is -2.17. The minimum Gasteiger partial charge on any atom is -0.490 e.